The Bertz CT molecular complexity index is 1120. The maximum Gasteiger partial charge on any atom is -0.00574 e. The SMILES string of the molecule is C=c1ccc2c(c1C1=CC(C(C)(C)C)=C(C)C1)C=c1ccccc1=2. The number of hydrogen-bond donors (Lipinski definition) is 0. The topological polar surface area (TPSA) is 0 Å². The van der Waals surface area contributed by atoms with Crippen molar-refractivity contribution in [2.24, 2.45) is 5.41 Å². The lowest BCUT2D eigenvalue weighted by molar-refractivity contribution is 0.514. The quantitative estimate of drug-likeness (QED) is 0.612. The van der Waals surface area contributed by atoms with Crippen LogP contribution in [0, 0.1) is 15.9 Å². The minimum Gasteiger partial charge on any atom is -0.0911 e. The lowest BCUT2D eigenvalue weighted by atomic mass is 9.85. The van der Waals surface area contributed by atoms with E-state index in [2.05, 4.69) is 82.8 Å². The van der Waals surface area contributed by atoms with Crippen LogP contribution in [0.2, 0.25) is 0 Å². The zero-order chi connectivity index (χ0) is 17.1. The molecular weight excluding hydrogens is 288 g/mol. The van der Waals surface area contributed by atoms with Gasteiger partial charge in [0.1, 0.15) is 0 Å². The fourth-order valence-corrected chi connectivity index (χ4v) is 4.20. The first-order valence-corrected chi connectivity index (χ1v) is 8.70. The van der Waals surface area contributed by atoms with Gasteiger partial charge in [0.2, 0.25) is 0 Å². The summed E-state index contributed by atoms with van der Waals surface area (Å²) in [4.78, 5) is 0. The molecule has 0 heteroatoms. The van der Waals surface area contributed by atoms with Gasteiger partial charge < -0.3 is 0 Å². The summed E-state index contributed by atoms with van der Waals surface area (Å²) in [6, 6.07) is 13.1. The molecule has 0 atom stereocenters. The molecule has 2 aliphatic carbocycles. The van der Waals surface area contributed by atoms with Crippen LogP contribution >= 0.6 is 0 Å². The Morgan fingerprint density at radius 1 is 0.917 bits per heavy atom. The van der Waals surface area contributed by atoms with Gasteiger partial charge in [-0.3, -0.25) is 0 Å². The Morgan fingerprint density at radius 3 is 2.38 bits per heavy atom. The highest BCUT2D eigenvalue weighted by Crippen LogP contribution is 2.40. The van der Waals surface area contributed by atoms with Crippen LogP contribution in [0.4, 0.5) is 0 Å². The van der Waals surface area contributed by atoms with E-state index >= 15 is 0 Å². The van der Waals surface area contributed by atoms with Gasteiger partial charge in [-0.1, -0.05) is 75.4 Å². The number of allylic oxidation sites excluding steroid dienone is 4. The van der Waals surface area contributed by atoms with Crippen LogP contribution in [0.25, 0.3) is 18.2 Å². The molecule has 0 bridgehead atoms. The first kappa shape index (κ1) is 15.2. The van der Waals surface area contributed by atoms with Gasteiger partial charge in [0, 0.05) is 0 Å². The largest absolute Gasteiger partial charge is 0.0911 e. The van der Waals surface area contributed by atoms with Crippen molar-refractivity contribution in [1.29, 1.82) is 0 Å². The molecule has 0 saturated heterocycles. The van der Waals surface area contributed by atoms with E-state index in [0.29, 0.717) is 0 Å². The molecule has 0 fully saturated rings. The first-order valence-electron chi connectivity index (χ1n) is 8.70. The second kappa shape index (κ2) is 5.08. The number of rotatable bonds is 1. The molecule has 0 spiro atoms. The average Bonchev–Trinajstić information content (AvgIpc) is 3.07. The molecule has 0 amide bonds. The normalized spacial score (nSPS) is 15.9. The molecule has 0 saturated carbocycles. The van der Waals surface area contributed by atoms with Crippen molar-refractivity contribution in [2.45, 2.75) is 34.1 Å². The van der Waals surface area contributed by atoms with Gasteiger partial charge in [-0.2, -0.15) is 0 Å². The zero-order valence-corrected chi connectivity index (χ0v) is 15.0. The third-order valence-electron chi connectivity index (χ3n) is 5.25. The van der Waals surface area contributed by atoms with E-state index in [9.17, 15) is 0 Å². The Morgan fingerprint density at radius 2 is 1.67 bits per heavy atom. The highest BCUT2D eigenvalue weighted by atomic mass is 14.3. The number of fused-ring (bicyclic) bond motifs is 2. The van der Waals surface area contributed by atoms with Gasteiger partial charge in [0.15, 0.2) is 0 Å². The predicted molar refractivity (Wildman–Crippen MR) is 104 cm³/mol. The molecule has 0 radical (unpaired) electrons. The van der Waals surface area contributed by atoms with Crippen molar-refractivity contribution in [3.05, 3.63) is 85.6 Å². The predicted octanol–water partition coefficient (Wildman–Crippen LogP) is 4.68. The molecule has 0 nitrogen and oxygen atoms in total. The lowest BCUT2D eigenvalue weighted by Gasteiger charge is -2.20. The Kier molecular flexibility index (Phi) is 3.22. The summed E-state index contributed by atoms with van der Waals surface area (Å²) in [5.41, 5.74) is 7.26. The summed E-state index contributed by atoms with van der Waals surface area (Å²) in [5, 5.41) is 5.13. The fourth-order valence-electron chi connectivity index (χ4n) is 4.20. The zero-order valence-electron chi connectivity index (χ0n) is 15.0. The molecule has 0 aromatic heterocycles. The summed E-state index contributed by atoms with van der Waals surface area (Å²) in [6.45, 7) is 13.5. The molecule has 0 aliphatic heterocycles. The molecule has 4 rings (SSSR count). The minimum absolute atomic E-state index is 0.192. The van der Waals surface area contributed by atoms with E-state index < -0.39 is 0 Å². The van der Waals surface area contributed by atoms with Gasteiger partial charge in [-0.15, -0.1) is 0 Å². The molecule has 0 heterocycles. The molecule has 2 aromatic rings. The number of benzene rings is 2. The van der Waals surface area contributed by atoms with E-state index in [-0.39, 0.29) is 5.41 Å². The number of hydrogen-bond acceptors (Lipinski definition) is 0. The van der Waals surface area contributed by atoms with Crippen LogP contribution in [0.5, 0.6) is 0 Å². The standard InChI is InChI=1S/C24H24/c1-15-10-11-20-19-9-7-6-8-17(19)13-21(20)23(15)18-12-16(2)22(14-18)24(3,4)5/h6-11,13-14H,1,12H2,2-5H3. The second-order valence-corrected chi connectivity index (χ2v) is 8.08. The summed E-state index contributed by atoms with van der Waals surface area (Å²) in [5.74, 6) is 0. The molecule has 120 valence electrons. The van der Waals surface area contributed by atoms with Crippen molar-refractivity contribution in [2.75, 3.05) is 0 Å². The van der Waals surface area contributed by atoms with Crippen LogP contribution in [-0.2, 0) is 0 Å². The van der Waals surface area contributed by atoms with Crippen molar-refractivity contribution >= 4 is 18.2 Å². The maximum atomic E-state index is 4.34. The molecule has 0 unspecified atom stereocenters. The highest BCUT2D eigenvalue weighted by Gasteiger charge is 2.25. The van der Waals surface area contributed by atoms with Gasteiger partial charge in [-0.05, 0) is 68.0 Å². The van der Waals surface area contributed by atoms with Gasteiger partial charge in [-0.25, -0.2) is 0 Å². The van der Waals surface area contributed by atoms with E-state index in [1.807, 2.05) is 0 Å². The van der Waals surface area contributed by atoms with Crippen LogP contribution in [0.15, 0.2) is 53.6 Å². The van der Waals surface area contributed by atoms with Crippen LogP contribution in [0.1, 0.15) is 45.2 Å². The first-order chi connectivity index (χ1) is 11.4. The third-order valence-corrected chi connectivity index (χ3v) is 5.25. The highest BCUT2D eigenvalue weighted by molar-refractivity contribution is 5.81. The molecule has 24 heavy (non-hydrogen) atoms. The average molecular weight is 312 g/mol. The van der Waals surface area contributed by atoms with Crippen molar-refractivity contribution in [3.63, 3.8) is 0 Å². The van der Waals surface area contributed by atoms with Gasteiger partial charge in [0.05, 0.1) is 0 Å². The second-order valence-electron chi connectivity index (χ2n) is 8.08. The summed E-state index contributed by atoms with van der Waals surface area (Å²) >= 11 is 0. The summed E-state index contributed by atoms with van der Waals surface area (Å²) < 4.78 is 0. The van der Waals surface area contributed by atoms with Crippen LogP contribution in [0.3, 0.4) is 0 Å². The van der Waals surface area contributed by atoms with Crippen molar-refractivity contribution in [3.8, 4) is 0 Å². The smallest absolute Gasteiger partial charge is 0.00574 e. The van der Waals surface area contributed by atoms with Crippen LogP contribution < -0.4 is 10.4 Å². The monoisotopic (exact) mass is 312 g/mol. The summed E-state index contributed by atoms with van der Waals surface area (Å²) in [6.07, 6.45) is 5.78. The Balaban J connectivity index is 1.98. The Hall–Kier alpha value is -2.34. The van der Waals surface area contributed by atoms with E-state index in [1.54, 1.807) is 0 Å². The summed E-state index contributed by atoms with van der Waals surface area (Å²) in [7, 11) is 0. The molecule has 2 aliphatic rings. The van der Waals surface area contributed by atoms with E-state index in [0.717, 1.165) is 11.6 Å². The van der Waals surface area contributed by atoms with Crippen molar-refractivity contribution < 1.29 is 0 Å². The molecule has 2 aromatic carbocycles. The third kappa shape index (κ3) is 2.21. The van der Waals surface area contributed by atoms with Gasteiger partial charge >= 0.3 is 0 Å². The molecular formula is C24H24. The molecule has 0 N–H and O–H groups in total. The minimum atomic E-state index is 0.192. The van der Waals surface area contributed by atoms with E-state index in [4.69, 9.17) is 0 Å². The van der Waals surface area contributed by atoms with Crippen LogP contribution in [-0.4, -0.2) is 0 Å². The maximum absolute atomic E-state index is 4.34. The van der Waals surface area contributed by atoms with E-state index in [1.165, 1.54) is 43.5 Å². The van der Waals surface area contributed by atoms with Crippen molar-refractivity contribution in [1.82, 2.24) is 0 Å². The fraction of sp³-hybridized carbons (Fsp3) is 0.250. The Labute approximate surface area is 143 Å². The van der Waals surface area contributed by atoms with Gasteiger partial charge in [0.25, 0.3) is 0 Å². The lowest BCUT2D eigenvalue weighted by Crippen LogP contribution is -2.09.